The molecule has 0 fully saturated rings. The number of benzene rings is 2. The summed E-state index contributed by atoms with van der Waals surface area (Å²) in [6.45, 7) is 6.36. The summed E-state index contributed by atoms with van der Waals surface area (Å²) >= 11 is 0. The maximum absolute atomic E-state index is 13.2. The molecule has 0 saturated carbocycles. The molecule has 6 heteroatoms. The van der Waals surface area contributed by atoms with Gasteiger partial charge in [0.25, 0.3) is 5.56 Å². The lowest BCUT2D eigenvalue weighted by atomic mass is 10.1. The van der Waals surface area contributed by atoms with Crippen molar-refractivity contribution in [3.05, 3.63) is 81.8 Å². The molecular weight excluding hydrogens is 364 g/mol. The standard InChI is InChI=1S/C23H24N4O2/c1-4-19(23(29)24-14-17-11-9-15(2)10-12-17)27-20-8-6-5-7-18(20)22-25-21(28)13-16(3)26(22)27/h5-13,19H,4,14H2,1-3H3,(H,24,29)/t19-/m1/s1. The van der Waals surface area contributed by atoms with E-state index in [4.69, 9.17) is 0 Å². The van der Waals surface area contributed by atoms with Crippen LogP contribution in [0.5, 0.6) is 0 Å². The van der Waals surface area contributed by atoms with Crippen molar-refractivity contribution in [3.8, 4) is 0 Å². The number of aryl methyl sites for hydroxylation is 2. The maximum atomic E-state index is 13.2. The van der Waals surface area contributed by atoms with Crippen LogP contribution in [0.3, 0.4) is 0 Å². The largest absolute Gasteiger partial charge is 0.350 e. The van der Waals surface area contributed by atoms with E-state index in [-0.39, 0.29) is 11.5 Å². The number of rotatable bonds is 5. The Morgan fingerprint density at radius 3 is 2.55 bits per heavy atom. The molecule has 1 N–H and O–H groups in total. The number of amides is 1. The maximum Gasteiger partial charge on any atom is 0.273 e. The van der Waals surface area contributed by atoms with Crippen LogP contribution >= 0.6 is 0 Å². The van der Waals surface area contributed by atoms with E-state index in [9.17, 15) is 9.59 Å². The number of carbonyl (C=O) groups excluding carboxylic acids is 1. The number of nitrogens with zero attached hydrogens (tertiary/aromatic N) is 3. The normalized spacial score (nSPS) is 12.4. The zero-order valence-corrected chi connectivity index (χ0v) is 16.8. The molecule has 2 heterocycles. The lowest BCUT2D eigenvalue weighted by molar-refractivity contribution is -0.124. The molecule has 0 bridgehead atoms. The Balaban J connectivity index is 1.77. The molecule has 2 aromatic carbocycles. The number of hydrogen-bond acceptors (Lipinski definition) is 3. The monoisotopic (exact) mass is 388 g/mol. The van der Waals surface area contributed by atoms with Gasteiger partial charge in [-0.15, -0.1) is 0 Å². The van der Waals surface area contributed by atoms with Gasteiger partial charge in [-0.3, -0.25) is 14.3 Å². The van der Waals surface area contributed by atoms with Crippen molar-refractivity contribution in [1.29, 1.82) is 0 Å². The van der Waals surface area contributed by atoms with Gasteiger partial charge in [0.1, 0.15) is 6.04 Å². The van der Waals surface area contributed by atoms with Crippen molar-refractivity contribution in [2.24, 2.45) is 0 Å². The molecule has 0 aliphatic rings. The zero-order valence-electron chi connectivity index (χ0n) is 16.8. The minimum absolute atomic E-state index is 0.0613. The fourth-order valence-electron chi connectivity index (χ4n) is 3.80. The van der Waals surface area contributed by atoms with E-state index in [0.29, 0.717) is 18.6 Å². The van der Waals surface area contributed by atoms with Crippen LogP contribution in [0.2, 0.25) is 0 Å². The van der Waals surface area contributed by atoms with Crippen LogP contribution in [0.15, 0.2) is 59.4 Å². The molecule has 0 radical (unpaired) electrons. The van der Waals surface area contributed by atoms with Gasteiger partial charge in [0.2, 0.25) is 5.91 Å². The van der Waals surface area contributed by atoms with Crippen molar-refractivity contribution in [2.45, 2.75) is 39.8 Å². The average molecular weight is 388 g/mol. The lowest BCUT2D eigenvalue weighted by Crippen LogP contribution is -2.34. The van der Waals surface area contributed by atoms with Crippen LogP contribution in [0.1, 0.15) is 36.2 Å². The van der Waals surface area contributed by atoms with Gasteiger partial charge in [0.15, 0.2) is 5.65 Å². The van der Waals surface area contributed by atoms with Gasteiger partial charge in [-0.05, 0) is 38.0 Å². The second-order valence-corrected chi connectivity index (χ2v) is 7.36. The predicted octanol–water partition coefficient (Wildman–Crippen LogP) is 3.53. The van der Waals surface area contributed by atoms with E-state index in [0.717, 1.165) is 22.2 Å². The third-order valence-corrected chi connectivity index (χ3v) is 5.26. The lowest BCUT2D eigenvalue weighted by Gasteiger charge is -2.20. The number of nitrogens with one attached hydrogen (secondary N) is 1. The highest BCUT2D eigenvalue weighted by Crippen LogP contribution is 2.26. The first-order valence-corrected chi connectivity index (χ1v) is 9.82. The van der Waals surface area contributed by atoms with Crippen molar-refractivity contribution in [3.63, 3.8) is 0 Å². The van der Waals surface area contributed by atoms with Crippen LogP contribution < -0.4 is 10.9 Å². The van der Waals surface area contributed by atoms with Crippen LogP contribution in [0, 0.1) is 13.8 Å². The first-order chi connectivity index (χ1) is 14.0. The molecule has 29 heavy (non-hydrogen) atoms. The Morgan fingerprint density at radius 2 is 1.83 bits per heavy atom. The Hall–Kier alpha value is -3.41. The molecule has 6 nitrogen and oxygen atoms in total. The number of carbonyl (C=O) groups is 1. The van der Waals surface area contributed by atoms with Gasteiger partial charge in [0, 0.05) is 23.7 Å². The molecule has 4 rings (SSSR count). The smallest absolute Gasteiger partial charge is 0.273 e. The number of para-hydroxylation sites is 1. The van der Waals surface area contributed by atoms with Crippen LogP contribution in [-0.4, -0.2) is 20.1 Å². The van der Waals surface area contributed by atoms with Crippen molar-refractivity contribution < 1.29 is 4.79 Å². The van der Waals surface area contributed by atoms with Crippen LogP contribution in [-0.2, 0) is 11.3 Å². The summed E-state index contributed by atoms with van der Waals surface area (Å²) in [4.78, 5) is 29.4. The highest BCUT2D eigenvalue weighted by Gasteiger charge is 2.24. The van der Waals surface area contributed by atoms with E-state index in [1.54, 1.807) is 0 Å². The minimum atomic E-state index is -0.425. The Morgan fingerprint density at radius 1 is 1.10 bits per heavy atom. The highest BCUT2D eigenvalue weighted by atomic mass is 16.2. The van der Waals surface area contributed by atoms with E-state index in [2.05, 4.69) is 10.3 Å². The summed E-state index contributed by atoms with van der Waals surface area (Å²) in [5.74, 6) is -0.0613. The third-order valence-electron chi connectivity index (χ3n) is 5.26. The predicted molar refractivity (Wildman–Crippen MR) is 114 cm³/mol. The third kappa shape index (κ3) is 3.42. The molecule has 0 aliphatic carbocycles. The average Bonchev–Trinajstić information content (AvgIpc) is 3.03. The van der Waals surface area contributed by atoms with E-state index >= 15 is 0 Å². The quantitative estimate of drug-likeness (QED) is 0.569. The van der Waals surface area contributed by atoms with Crippen molar-refractivity contribution in [2.75, 3.05) is 0 Å². The summed E-state index contributed by atoms with van der Waals surface area (Å²) in [5.41, 5.74) is 4.18. The summed E-state index contributed by atoms with van der Waals surface area (Å²) in [7, 11) is 0. The Labute approximate surface area is 168 Å². The number of hydrogen-bond donors (Lipinski definition) is 1. The first-order valence-electron chi connectivity index (χ1n) is 9.82. The van der Waals surface area contributed by atoms with Gasteiger partial charge >= 0.3 is 0 Å². The van der Waals surface area contributed by atoms with Gasteiger partial charge in [0.05, 0.1) is 5.52 Å². The second kappa shape index (κ2) is 7.54. The van der Waals surface area contributed by atoms with Crippen LogP contribution in [0.25, 0.3) is 16.6 Å². The SMILES string of the molecule is CC[C@H](C(=O)NCc1ccc(C)cc1)n1c2ccccc2c2nc(=O)cc(C)n21. The molecule has 0 aliphatic heterocycles. The zero-order chi connectivity index (χ0) is 20.5. The topological polar surface area (TPSA) is 68.4 Å². The summed E-state index contributed by atoms with van der Waals surface area (Å²) in [6, 6.07) is 16.9. The molecule has 148 valence electrons. The molecule has 1 amide bonds. The van der Waals surface area contributed by atoms with E-state index in [1.807, 2.05) is 78.5 Å². The fourth-order valence-corrected chi connectivity index (χ4v) is 3.80. The molecule has 4 aromatic rings. The van der Waals surface area contributed by atoms with Crippen LogP contribution in [0.4, 0.5) is 0 Å². The molecule has 1 atom stereocenters. The molecular formula is C23H24N4O2. The van der Waals surface area contributed by atoms with Gasteiger partial charge in [-0.1, -0.05) is 48.9 Å². The number of fused-ring (bicyclic) bond motifs is 3. The van der Waals surface area contributed by atoms with Gasteiger partial charge in [-0.2, -0.15) is 4.98 Å². The summed E-state index contributed by atoms with van der Waals surface area (Å²) < 4.78 is 3.84. The molecule has 0 saturated heterocycles. The summed E-state index contributed by atoms with van der Waals surface area (Å²) in [6.07, 6.45) is 0.610. The highest BCUT2D eigenvalue weighted by molar-refractivity contribution is 5.94. The Kier molecular flexibility index (Phi) is 4.92. The molecule has 2 aromatic heterocycles. The van der Waals surface area contributed by atoms with Crippen molar-refractivity contribution in [1.82, 2.24) is 19.5 Å². The summed E-state index contributed by atoms with van der Waals surface area (Å²) in [5, 5.41) is 3.92. The Bertz CT molecular complexity index is 1250. The molecule has 0 unspecified atom stereocenters. The van der Waals surface area contributed by atoms with E-state index in [1.165, 1.54) is 11.6 Å². The van der Waals surface area contributed by atoms with Crippen molar-refractivity contribution >= 4 is 22.5 Å². The van der Waals surface area contributed by atoms with Gasteiger partial charge in [-0.25, -0.2) is 4.52 Å². The fraction of sp³-hybridized carbons (Fsp3) is 0.261. The molecule has 0 spiro atoms. The minimum Gasteiger partial charge on any atom is -0.350 e. The van der Waals surface area contributed by atoms with E-state index < -0.39 is 6.04 Å². The first kappa shape index (κ1) is 18.9. The number of aromatic nitrogens is 3. The van der Waals surface area contributed by atoms with Gasteiger partial charge < -0.3 is 5.32 Å². The second-order valence-electron chi connectivity index (χ2n) is 7.36.